The lowest BCUT2D eigenvalue weighted by molar-refractivity contribution is 0.0991. The molecule has 3 aromatic heterocycles. The van der Waals surface area contributed by atoms with Crippen molar-refractivity contribution in [3.8, 4) is 11.3 Å². The van der Waals surface area contributed by atoms with E-state index < -0.39 is 0 Å². The van der Waals surface area contributed by atoms with Gasteiger partial charge in [-0.2, -0.15) is 10.2 Å². The molecule has 0 spiro atoms. The minimum Gasteiger partial charge on any atom is -0.354 e. The van der Waals surface area contributed by atoms with E-state index in [9.17, 15) is 4.79 Å². The Morgan fingerprint density at radius 1 is 1.00 bits per heavy atom. The van der Waals surface area contributed by atoms with Crippen LogP contribution in [0, 0.1) is 0 Å². The van der Waals surface area contributed by atoms with Crippen molar-refractivity contribution in [3.05, 3.63) is 60.0 Å². The van der Waals surface area contributed by atoms with Crippen LogP contribution in [0.15, 0.2) is 48.8 Å². The van der Waals surface area contributed by atoms with Crippen LogP contribution >= 0.6 is 0 Å². The van der Waals surface area contributed by atoms with E-state index in [1.165, 1.54) is 0 Å². The zero-order valence-electron chi connectivity index (χ0n) is 19.7. The largest absolute Gasteiger partial charge is 0.354 e. The van der Waals surface area contributed by atoms with Gasteiger partial charge in [0, 0.05) is 62.0 Å². The van der Waals surface area contributed by atoms with Crippen LogP contribution in [-0.4, -0.2) is 73.1 Å². The first kappa shape index (κ1) is 22.1. The molecule has 174 valence electrons. The number of ketones is 1. The van der Waals surface area contributed by atoms with Gasteiger partial charge in [0.25, 0.3) is 0 Å². The minimum atomic E-state index is 0.00296. The molecule has 34 heavy (non-hydrogen) atoms. The molecule has 9 heteroatoms. The molecular weight excluding hydrogens is 428 g/mol. The lowest BCUT2D eigenvalue weighted by atomic mass is 10.0. The first-order chi connectivity index (χ1) is 16.5. The summed E-state index contributed by atoms with van der Waals surface area (Å²) in [7, 11) is 1.84. The number of rotatable bonds is 6. The summed E-state index contributed by atoms with van der Waals surface area (Å²) in [6, 6.07) is 12.0. The maximum Gasteiger partial charge on any atom is 0.169 e. The zero-order chi connectivity index (χ0) is 23.7. The summed E-state index contributed by atoms with van der Waals surface area (Å²) in [5, 5.41) is 17.7. The van der Waals surface area contributed by atoms with Crippen molar-refractivity contribution in [1.29, 1.82) is 0 Å². The summed E-state index contributed by atoms with van der Waals surface area (Å²) >= 11 is 0. The Morgan fingerprint density at radius 2 is 1.82 bits per heavy atom. The predicted octanol–water partition coefficient (Wildman–Crippen LogP) is 2.78. The standard InChI is InChI=1S/C25H28N8O/c1-17(2)32-8-10-33(11-9-32)25-14-19(6-7-26-25)24(34)15-21-13-20-12-18(4-5-22(20)28-27-21)23-16-31(3)30-29-23/h4-7,12-14,16-17H,8-11,15H2,1-3H3. The number of pyridine rings is 1. The van der Waals surface area contributed by atoms with Gasteiger partial charge in [0.2, 0.25) is 0 Å². The van der Waals surface area contributed by atoms with E-state index >= 15 is 0 Å². The molecule has 4 heterocycles. The molecule has 1 saturated heterocycles. The third-order valence-corrected chi connectivity index (χ3v) is 6.31. The van der Waals surface area contributed by atoms with Gasteiger partial charge < -0.3 is 4.90 Å². The summed E-state index contributed by atoms with van der Waals surface area (Å²) in [6.45, 7) is 8.26. The Bertz CT molecular complexity index is 1320. The molecule has 0 radical (unpaired) electrons. The summed E-state index contributed by atoms with van der Waals surface area (Å²) in [4.78, 5) is 22.3. The molecule has 1 aromatic carbocycles. The van der Waals surface area contributed by atoms with Crippen LogP contribution in [0.2, 0.25) is 0 Å². The van der Waals surface area contributed by atoms with Crippen LogP contribution in [0.4, 0.5) is 5.82 Å². The van der Waals surface area contributed by atoms with Gasteiger partial charge in [-0.05, 0) is 44.2 Å². The lowest BCUT2D eigenvalue weighted by Crippen LogP contribution is -2.49. The molecule has 0 N–H and O–H groups in total. The van der Waals surface area contributed by atoms with E-state index in [0.717, 1.165) is 54.2 Å². The second-order valence-electron chi connectivity index (χ2n) is 9.01. The molecule has 0 aliphatic carbocycles. The fourth-order valence-electron chi connectivity index (χ4n) is 4.31. The van der Waals surface area contributed by atoms with Gasteiger partial charge in [-0.1, -0.05) is 11.3 Å². The number of fused-ring (bicyclic) bond motifs is 1. The lowest BCUT2D eigenvalue weighted by Gasteiger charge is -2.37. The van der Waals surface area contributed by atoms with Crippen LogP contribution in [0.5, 0.6) is 0 Å². The Morgan fingerprint density at radius 3 is 2.56 bits per heavy atom. The Labute approximate surface area is 198 Å². The van der Waals surface area contributed by atoms with Crippen molar-refractivity contribution in [2.24, 2.45) is 7.05 Å². The third-order valence-electron chi connectivity index (χ3n) is 6.31. The van der Waals surface area contributed by atoms with Crippen LogP contribution < -0.4 is 4.90 Å². The Balaban J connectivity index is 1.32. The van der Waals surface area contributed by atoms with Gasteiger partial charge in [0.05, 0.1) is 23.8 Å². The zero-order valence-corrected chi connectivity index (χ0v) is 19.7. The molecule has 0 bridgehead atoms. The second kappa shape index (κ2) is 9.26. The smallest absolute Gasteiger partial charge is 0.169 e. The third kappa shape index (κ3) is 4.65. The first-order valence-electron chi connectivity index (χ1n) is 11.6. The monoisotopic (exact) mass is 456 g/mol. The van der Waals surface area contributed by atoms with Crippen LogP contribution in [0.3, 0.4) is 0 Å². The molecule has 1 aliphatic rings. The average Bonchev–Trinajstić information content (AvgIpc) is 3.30. The normalized spacial score (nSPS) is 14.8. The highest BCUT2D eigenvalue weighted by Crippen LogP contribution is 2.22. The van der Waals surface area contributed by atoms with Crippen molar-refractivity contribution in [2.75, 3.05) is 31.1 Å². The van der Waals surface area contributed by atoms with Crippen molar-refractivity contribution in [1.82, 2.24) is 35.1 Å². The Hall–Kier alpha value is -3.72. The van der Waals surface area contributed by atoms with E-state index in [1.54, 1.807) is 16.9 Å². The number of nitrogens with zero attached hydrogens (tertiary/aromatic N) is 8. The fourth-order valence-corrected chi connectivity index (χ4v) is 4.31. The maximum absolute atomic E-state index is 13.1. The van der Waals surface area contributed by atoms with Crippen LogP contribution in [0.25, 0.3) is 22.2 Å². The van der Waals surface area contributed by atoms with Gasteiger partial charge in [-0.3, -0.25) is 14.4 Å². The number of carbonyl (C=O) groups is 1. The molecule has 0 atom stereocenters. The summed E-state index contributed by atoms with van der Waals surface area (Å²) in [5.41, 5.74) is 3.79. The van der Waals surface area contributed by atoms with Gasteiger partial charge in [-0.15, -0.1) is 5.10 Å². The van der Waals surface area contributed by atoms with E-state index in [2.05, 4.69) is 49.1 Å². The van der Waals surface area contributed by atoms with E-state index in [1.807, 2.05) is 43.6 Å². The van der Waals surface area contributed by atoms with Gasteiger partial charge >= 0.3 is 0 Å². The number of hydrogen-bond acceptors (Lipinski definition) is 8. The average molecular weight is 457 g/mol. The second-order valence-corrected chi connectivity index (χ2v) is 9.01. The van der Waals surface area contributed by atoms with Gasteiger partial charge in [0.15, 0.2) is 5.78 Å². The van der Waals surface area contributed by atoms with Crippen LogP contribution in [0.1, 0.15) is 29.9 Å². The van der Waals surface area contributed by atoms with E-state index in [0.29, 0.717) is 17.3 Å². The highest BCUT2D eigenvalue weighted by molar-refractivity contribution is 5.98. The number of piperazine rings is 1. The number of Topliss-reactive ketones (excluding diaryl/α,β-unsaturated/α-hetero) is 1. The summed E-state index contributed by atoms with van der Waals surface area (Å²) in [5.74, 6) is 0.857. The molecule has 9 nitrogen and oxygen atoms in total. The molecular formula is C25H28N8O. The first-order valence-corrected chi connectivity index (χ1v) is 11.6. The molecule has 5 rings (SSSR count). The van der Waals surface area contributed by atoms with Gasteiger partial charge in [-0.25, -0.2) is 4.98 Å². The van der Waals surface area contributed by atoms with E-state index in [-0.39, 0.29) is 12.2 Å². The number of hydrogen-bond donors (Lipinski definition) is 0. The molecule has 0 amide bonds. The van der Waals surface area contributed by atoms with E-state index in [4.69, 9.17) is 0 Å². The number of aryl methyl sites for hydroxylation is 1. The van der Waals surface area contributed by atoms with Crippen LogP contribution in [-0.2, 0) is 13.5 Å². The van der Waals surface area contributed by atoms with Crippen molar-refractivity contribution >= 4 is 22.5 Å². The minimum absolute atomic E-state index is 0.00296. The molecule has 4 aromatic rings. The highest BCUT2D eigenvalue weighted by atomic mass is 16.1. The fraction of sp³-hybridized carbons (Fsp3) is 0.360. The topological polar surface area (TPSA) is 92.9 Å². The number of benzene rings is 1. The van der Waals surface area contributed by atoms with Crippen molar-refractivity contribution in [2.45, 2.75) is 26.3 Å². The Kier molecular flexibility index (Phi) is 6.02. The highest BCUT2D eigenvalue weighted by Gasteiger charge is 2.20. The molecule has 1 fully saturated rings. The number of anilines is 1. The quantitative estimate of drug-likeness (QED) is 0.409. The summed E-state index contributed by atoms with van der Waals surface area (Å²) in [6.07, 6.45) is 3.77. The SMILES string of the molecule is CC(C)N1CCN(c2cc(C(=O)Cc3cc4cc(-c5cn(C)nn5)ccc4nn3)ccn2)CC1. The number of carbonyl (C=O) groups excluding carboxylic acids is 1. The number of aromatic nitrogens is 6. The van der Waals surface area contributed by atoms with Crippen molar-refractivity contribution < 1.29 is 4.79 Å². The van der Waals surface area contributed by atoms with Crippen molar-refractivity contribution in [3.63, 3.8) is 0 Å². The molecule has 0 unspecified atom stereocenters. The molecule has 1 aliphatic heterocycles. The maximum atomic E-state index is 13.1. The summed E-state index contributed by atoms with van der Waals surface area (Å²) < 4.78 is 1.67. The van der Waals surface area contributed by atoms with Gasteiger partial charge in [0.1, 0.15) is 11.5 Å². The predicted molar refractivity (Wildman–Crippen MR) is 131 cm³/mol. The molecule has 0 saturated carbocycles.